The number of benzene rings is 3. The standard InChI is InChI=1S/C32H33N5O/c1-21-23(3)37(20-24-11-13-26(14-12-24)25-9-7-6-8-10-25)30-16-15-27(17-28(21)30)32(38)35-22(2)29-18-34-31(19-33-29)36(4)5/h6-19,22H,20H2,1-5H3,(H,35,38)/t22-/m0/s1. The summed E-state index contributed by atoms with van der Waals surface area (Å²) in [5, 5.41) is 4.16. The van der Waals surface area contributed by atoms with Crippen LogP contribution < -0.4 is 10.2 Å². The van der Waals surface area contributed by atoms with Gasteiger partial charge in [-0.05, 0) is 61.2 Å². The predicted octanol–water partition coefficient (Wildman–Crippen LogP) is 6.32. The summed E-state index contributed by atoms with van der Waals surface area (Å²) in [7, 11) is 3.84. The fourth-order valence-electron chi connectivity index (χ4n) is 4.75. The van der Waals surface area contributed by atoms with Crippen molar-refractivity contribution in [3.05, 3.63) is 113 Å². The SMILES string of the molecule is Cc1c(C)n(Cc2ccc(-c3ccccc3)cc2)c2ccc(C(=O)N[C@@H](C)c3cnc(N(C)C)cn3)cc12. The molecule has 1 N–H and O–H groups in total. The van der Waals surface area contributed by atoms with Crippen LogP contribution in [0.15, 0.2) is 85.2 Å². The van der Waals surface area contributed by atoms with E-state index in [0.717, 1.165) is 29.0 Å². The highest BCUT2D eigenvalue weighted by molar-refractivity contribution is 5.99. The lowest BCUT2D eigenvalue weighted by Crippen LogP contribution is -2.27. The molecule has 192 valence electrons. The van der Waals surface area contributed by atoms with Crippen LogP contribution in [0.3, 0.4) is 0 Å². The molecule has 0 aliphatic rings. The lowest BCUT2D eigenvalue weighted by Gasteiger charge is -2.15. The van der Waals surface area contributed by atoms with Crippen LogP contribution in [0.5, 0.6) is 0 Å². The second kappa shape index (κ2) is 10.5. The molecule has 5 aromatic rings. The van der Waals surface area contributed by atoms with Gasteiger partial charge in [0.2, 0.25) is 0 Å². The number of nitrogens with one attached hydrogen (secondary N) is 1. The van der Waals surface area contributed by atoms with Crippen LogP contribution in [-0.2, 0) is 6.54 Å². The largest absolute Gasteiger partial charge is 0.361 e. The molecule has 6 heteroatoms. The zero-order valence-electron chi connectivity index (χ0n) is 22.6. The number of hydrogen-bond acceptors (Lipinski definition) is 4. The molecule has 2 aromatic heterocycles. The number of carbonyl (C=O) groups is 1. The van der Waals surface area contributed by atoms with Crippen molar-refractivity contribution in [3.8, 4) is 11.1 Å². The van der Waals surface area contributed by atoms with Crippen molar-refractivity contribution in [1.82, 2.24) is 19.9 Å². The quantitative estimate of drug-likeness (QED) is 0.282. The molecular weight excluding hydrogens is 470 g/mol. The Morgan fingerprint density at radius 3 is 2.29 bits per heavy atom. The van der Waals surface area contributed by atoms with E-state index in [9.17, 15) is 4.79 Å². The molecule has 0 spiro atoms. The zero-order valence-corrected chi connectivity index (χ0v) is 22.6. The molecular formula is C32H33N5O. The van der Waals surface area contributed by atoms with Gasteiger partial charge in [0.1, 0.15) is 5.82 Å². The monoisotopic (exact) mass is 503 g/mol. The third-order valence-corrected chi connectivity index (χ3v) is 7.21. The normalized spacial score (nSPS) is 11.9. The fourth-order valence-corrected chi connectivity index (χ4v) is 4.75. The molecule has 0 bridgehead atoms. The van der Waals surface area contributed by atoms with Gasteiger partial charge in [-0.3, -0.25) is 9.78 Å². The number of aromatic nitrogens is 3. The molecule has 0 fully saturated rings. The van der Waals surface area contributed by atoms with E-state index >= 15 is 0 Å². The highest BCUT2D eigenvalue weighted by Gasteiger charge is 2.17. The van der Waals surface area contributed by atoms with Crippen LogP contribution in [0.2, 0.25) is 0 Å². The Balaban J connectivity index is 1.35. The van der Waals surface area contributed by atoms with Crippen molar-refractivity contribution in [2.24, 2.45) is 0 Å². The van der Waals surface area contributed by atoms with Crippen molar-refractivity contribution >= 4 is 22.6 Å². The van der Waals surface area contributed by atoms with Gasteiger partial charge in [0, 0.05) is 42.8 Å². The van der Waals surface area contributed by atoms with Gasteiger partial charge in [-0.15, -0.1) is 0 Å². The summed E-state index contributed by atoms with van der Waals surface area (Å²) in [6.45, 7) is 6.96. The first-order valence-corrected chi connectivity index (χ1v) is 12.9. The number of aryl methyl sites for hydroxylation is 1. The van der Waals surface area contributed by atoms with Crippen molar-refractivity contribution in [1.29, 1.82) is 0 Å². The van der Waals surface area contributed by atoms with Gasteiger partial charge in [-0.2, -0.15) is 0 Å². The fraction of sp³-hybridized carbons (Fsp3) is 0.219. The average Bonchev–Trinajstić information content (AvgIpc) is 3.18. The van der Waals surface area contributed by atoms with E-state index in [1.165, 1.54) is 27.9 Å². The highest BCUT2D eigenvalue weighted by atomic mass is 16.1. The third kappa shape index (κ3) is 5.02. The van der Waals surface area contributed by atoms with E-state index in [1.54, 1.807) is 12.4 Å². The lowest BCUT2D eigenvalue weighted by molar-refractivity contribution is 0.0939. The number of anilines is 1. The average molecular weight is 504 g/mol. The number of carbonyl (C=O) groups excluding carboxylic acids is 1. The maximum atomic E-state index is 13.1. The van der Waals surface area contributed by atoms with Gasteiger partial charge in [-0.25, -0.2) is 4.98 Å². The summed E-state index contributed by atoms with van der Waals surface area (Å²) in [5.74, 6) is 0.652. The van der Waals surface area contributed by atoms with Gasteiger partial charge in [0.05, 0.1) is 24.1 Å². The van der Waals surface area contributed by atoms with Crippen LogP contribution in [0.1, 0.15) is 45.8 Å². The number of nitrogens with zero attached hydrogens (tertiary/aromatic N) is 4. The third-order valence-electron chi connectivity index (χ3n) is 7.21. The maximum absolute atomic E-state index is 13.1. The van der Waals surface area contributed by atoms with Gasteiger partial charge >= 0.3 is 0 Å². The Morgan fingerprint density at radius 2 is 1.63 bits per heavy atom. The Morgan fingerprint density at radius 1 is 0.921 bits per heavy atom. The zero-order chi connectivity index (χ0) is 26.8. The molecule has 1 atom stereocenters. The molecule has 6 nitrogen and oxygen atoms in total. The lowest BCUT2D eigenvalue weighted by atomic mass is 10.0. The molecule has 2 heterocycles. The summed E-state index contributed by atoms with van der Waals surface area (Å²) >= 11 is 0. The van der Waals surface area contributed by atoms with Gasteiger partial charge in [-0.1, -0.05) is 54.6 Å². The summed E-state index contributed by atoms with van der Waals surface area (Å²) in [6, 6.07) is 24.9. The second-order valence-electron chi connectivity index (χ2n) is 9.98. The molecule has 1 amide bonds. The van der Waals surface area contributed by atoms with E-state index in [1.807, 2.05) is 44.1 Å². The van der Waals surface area contributed by atoms with Crippen LogP contribution in [0.25, 0.3) is 22.0 Å². The summed E-state index contributed by atoms with van der Waals surface area (Å²) in [5.41, 5.74) is 8.54. The van der Waals surface area contributed by atoms with E-state index in [4.69, 9.17) is 0 Å². The molecule has 0 saturated carbocycles. The molecule has 38 heavy (non-hydrogen) atoms. The molecule has 3 aromatic carbocycles. The minimum absolute atomic E-state index is 0.126. The summed E-state index contributed by atoms with van der Waals surface area (Å²) in [4.78, 5) is 23.9. The highest BCUT2D eigenvalue weighted by Crippen LogP contribution is 2.28. The first-order valence-electron chi connectivity index (χ1n) is 12.9. The number of rotatable bonds is 7. The van der Waals surface area contributed by atoms with Crippen LogP contribution in [0, 0.1) is 13.8 Å². The molecule has 5 rings (SSSR count). The van der Waals surface area contributed by atoms with Crippen LogP contribution >= 0.6 is 0 Å². The van der Waals surface area contributed by atoms with E-state index in [0.29, 0.717) is 5.56 Å². The molecule has 0 unspecified atom stereocenters. The first kappa shape index (κ1) is 25.2. The van der Waals surface area contributed by atoms with Crippen LogP contribution in [0.4, 0.5) is 5.82 Å². The Bertz CT molecular complexity index is 1570. The van der Waals surface area contributed by atoms with Gasteiger partial charge < -0.3 is 14.8 Å². The maximum Gasteiger partial charge on any atom is 0.251 e. The summed E-state index contributed by atoms with van der Waals surface area (Å²) < 4.78 is 2.33. The van der Waals surface area contributed by atoms with E-state index < -0.39 is 0 Å². The Kier molecular flexibility index (Phi) is 6.97. The summed E-state index contributed by atoms with van der Waals surface area (Å²) in [6.07, 6.45) is 3.43. The van der Waals surface area contributed by atoms with E-state index in [-0.39, 0.29) is 11.9 Å². The Hall–Kier alpha value is -4.45. The van der Waals surface area contributed by atoms with Crippen LogP contribution in [-0.4, -0.2) is 34.5 Å². The van der Waals surface area contributed by atoms with Gasteiger partial charge in [0.25, 0.3) is 5.91 Å². The number of hydrogen-bond donors (Lipinski definition) is 1. The predicted molar refractivity (Wildman–Crippen MR) is 155 cm³/mol. The smallest absolute Gasteiger partial charge is 0.251 e. The van der Waals surface area contributed by atoms with Crippen molar-refractivity contribution in [2.45, 2.75) is 33.4 Å². The minimum atomic E-state index is -0.256. The van der Waals surface area contributed by atoms with Crippen molar-refractivity contribution in [3.63, 3.8) is 0 Å². The van der Waals surface area contributed by atoms with Crippen molar-refractivity contribution in [2.75, 3.05) is 19.0 Å². The molecule has 0 aliphatic heterocycles. The van der Waals surface area contributed by atoms with E-state index in [2.05, 4.69) is 88.3 Å². The molecule has 0 radical (unpaired) electrons. The topological polar surface area (TPSA) is 63.1 Å². The van der Waals surface area contributed by atoms with Gasteiger partial charge in [0.15, 0.2) is 0 Å². The first-order chi connectivity index (χ1) is 18.3. The number of fused-ring (bicyclic) bond motifs is 1. The Labute approximate surface area is 224 Å². The molecule has 0 saturated heterocycles. The minimum Gasteiger partial charge on any atom is -0.361 e. The number of amides is 1. The second-order valence-corrected chi connectivity index (χ2v) is 9.98. The molecule has 0 aliphatic carbocycles. The van der Waals surface area contributed by atoms with Crippen molar-refractivity contribution < 1.29 is 4.79 Å².